The SMILES string of the molecule is CC(C)c1noc(N2CCC([C@H]3CC3CCOc3ccc(C(=O)C4CC4)c(F)c3)CC2)n1. The molecule has 2 atom stereocenters. The summed E-state index contributed by atoms with van der Waals surface area (Å²) < 4.78 is 25.5. The number of ketones is 1. The summed E-state index contributed by atoms with van der Waals surface area (Å²) in [6.07, 6.45) is 6.33. The van der Waals surface area contributed by atoms with Gasteiger partial charge in [0.1, 0.15) is 11.6 Å². The molecule has 172 valence electrons. The maximum absolute atomic E-state index is 14.3. The van der Waals surface area contributed by atoms with E-state index in [9.17, 15) is 9.18 Å². The Hall–Kier alpha value is -2.44. The van der Waals surface area contributed by atoms with Gasteiger partial charge in [-0.15, -0.1) is 0 Å². The molecule has 2 saturated carbocycles. The van der Waals surface area contributed by atoms with E-state index in [0.29, 0.717) is 24.3 Å². The molecule has 5 rings (SSSR count). The van der Waals surface area contributed by atoms with Crippen molar-refractivity contribution in [2.45, 2.75) is 58.3 Å². The summed E-state index contributed by atoms with van der Waals surface area (Å²) in [5, 5.41) is 4.08. The summed E-state index contributed by atoms with van der Waals surface area (Å²) in [5.41, 5.74) is 0.203. The number of Topliss-reactive ketones (excluding diaryl/α,β-unsaturated/α-hetero) is 1. The van der Waals surface area contributed by atoms with Crippen LogP contribution in [0.5, 0.6) is 5.75 Å². The van der Waals surface area contributed by atoms with Crippen molar-refractivity contribution in [3.63, 3.8) is 0 Å². The number of piperidine rings is 1. The van der Waals surface area contributed by atoms with Gasteiger partial charge >= 0.3 is 6.01 Å². The maximum atomic E-state index is 14.3. The number of carbonyl (C=O) groups is 1. The summed E-state index contributed by atoms with van der Waals surface area (Å²) >= 11 is 0. The standard InChI is InChI=1S/C25H32FN3O3/c1-15(2)24-27-25(32-28-24)29-10-7-16(8-11-29)21-13-18(21)9-12-31-19-5-6-20(22(26)14-19)23(30)17-3-4-17/h5-6,14-18,21H,3-4,7-13H2,1-2H3/t18?,21-/m1/s1. The summed E-state index contributed by atoms with van der Waals surface area (Å²) in [5.74, 6) is 3.27. The molecule has 3 fully saturated rings. The molecule has 0 radical (unpaired) electrons. The lowest BCUT2D eigenvalue weighted by Crippen LogP contribution is -2.34. The molecular formula is C25H32FN3O3. The van der Waals surface area contributed by atoms with Gasteiger partial charge in [0.15, 0.2) is 11.6 Å². The number of anilines is 1. The van der Waals surface area contributed by atoms with Gasteiger partial charge in [0.05, 0.1) is 12.2 Å². The quantitative estimate of drug-likeness (QED) is 0.495. The zero-order valence-electron chi connectivity index (χ0n) is 18.9. The Bertz CT molecular complexity index is 963. The number of nitrogens with zero attached hydrogens (tertiary/aromatic N) is 3. The van der Waals surface area contributed by atoms with Crippen molar-refractivity contribution in [1.82, 2.24) is 10.1 Å². The van der Waals surface area contributed by atoms with Gasteiger partial charge in [-0.3, -0.25) is 4.79 Å². The van der Waals surface area contributed by atoms with E-state index in [4.69, 9.17) is 9.26 Å². The number of aromatic nitrogens is 2. The molecule has 1 aliphatic heterocycles. The topological polar surface area (TPSA) is 68.5 Å². The molecule has 7 heteroatoms. The van der Waals surface area contributed by atoms with Gasteiger partial charge in [-0.25, -0.2) is 4.39 Å². The van der Waals surface area contributed by atoms with E-state index >= 15 is 0 Å². The zero-order valence-corrected chi connectivity index (χ0v) is 18.9. The van der Waals surface area contributed by atoms with Gasteiger partial charge in [-0.05, 0) is 68.4 Å². The van der Waals surface area contributed by atoms with Crippen LogP contribution in [0.3, 0.4) is 0 Å². The van der Waals surface area contributed by atoms with Crippen LogP contribution in [0.4, 0.5) is 10.4 Å². The Balaban J connectivity index is 1.04. The molecule has 0 spiro atoms. The molecule has 1 unspecified atom stereocenters. The Kier molecular flexibility index (Phi) is 5.91. The highest BCUT2D eigenvalue weighted by atomic mass is 19.1. The monoisotopic (exact) mass is 441 g/mol. The van der Waals surface area contributed by atoms with Crippen LogP contribution >= 0.6 is 0 Å². The van der Waals surface area contributed by atoms with Crippen LogP contribution in [-0.2, 0) is 0 Å². The van der Waals surface area contributed by atoms with Crippen molar-refractivity contribution in [3.8, 4) is 5.75 Å². The molecule has 3 aliphatic rings. The third-order valence-corrected chi connectivity index (χ3v) is 7.25. The van der Waals surface area contributed by atoms with Crippen LogP contribution in [0.2, 0.25) is 0 Å². The highest BCUT2D eigenvalue weighted by Gasteiger charge is 2.43. The maximum Gasteiger partial charge on any atom is 0.324 e. The lowest BCUT2D eigenvalue weighted by atomic mass is 9.90. The Labute approximate surface area is 188 Å². The molecule has 2 aliphatic carbocycles. The number of halogens is 1. The molecule has 6 nitrogen and oxygen atoms in total. The lowest BCUT2D eigenvalue weighted by molar-refractivity contribution is 0.0963. The molecule has 0 amide bonds. The first-order chi connectivity index (χ1) is 15.5. The number of benzene rings is 1. The van der Waals surface area contributed by atoms with Crippen molar-refractivity contribution < 1.29 is 18.4 Å². The first-order valence-corrected chi connectivity index (χ1v) is 12.0. The average Bonchev–Trinajstić information content (AvgIpc) is 3.71. The summed E-state index contributed by atoms with van der Waals surface area (Å²) in [7, 11) is 0. The Morgan fingerprint density at radius 3 is 2.69 bits per heavy atom. The molecule has 1 saturated heterocycles. The highest BCUT2D eigenvalue weighted by Crippen LogP contribution is 2.50. The largest absolute Gasteiger partial charge is 0.493 e. The van der Waals surface area contributed by atoms with Crippen molar-refractivity contribution in [2.24, 2.45) is 23.7 Å². The second kappa shape index (κ2) is 8.83. The lowest BCUT2D eigenvalue weighted by Gasteiger charge is -2.30. The first-order valence-electron chi connectivity index (χ1n) is 12.0. The van der Waals surface area contributed by atoms with Gasteiger partial charge in [-0.2, -0.15) is 4.98 Å². The molecule has 2 aromatic rings. The van der Waals surface area contributed by atoms with Crippen LogP contribution in [0, 0.1) is 29.5 Å². The molecular weight excluding hydrogens is 409 g/mol. The van der Waals surface area contributed by atoms with Crippen LogP contribution in [-0.4, -0.2) is 35.6 Å². The number of hydrogen-bond donors (Lipinski definition) is 0. The van der Waals surface area contributed by atoms with Crippen molar-refractivity contribution in [2.75, 3.05) is 24.6 Å². The second-order valence-corrected chi connectivity index (χ2v) is 9.99. The summed E-state index contributed by atoms with van der Waals surface area (Å²) in [6.45, 7) is 6.67. The molecule has 0 N–H and O–H groups in total. The smallest absolute Gasteiger partial charge is 0.324 e. The van der Waals surface area contributed by atoms with Gasteiger partial charge in [0, 0.05) is 31.0 Å². The predicted molar refractivity (Wildman–Crippen MR) is 118 cm³/mol. The van der Waals surface area contributed by atoms with E-state index in [-0.39, 0.29) is 23.2 Å². The molecule has 1 aromatic heterocycles. The third kappa shape index (κ3) is 4.66. The fraction of sp³-hybridized carbons (Fsp3) is 0.640. The van der Waals surface area contributed by atoms with E-state index in [0.717, 1.165) is 62.9 Å². The van der Waals surface area contributed by atoms with E-state index < -0.39 is 5.82 Å². The van der Waals surface area contributed by atoms with Gasteiger partial charge < -0.3 is 14.2 Å². The Morgan fingerprint density at radius 1 is 1.25 bits per heavy atom. The fourth-order valence-electron chi connectivity index (χ4n) is 4.97. The average molecular weight is 442 g/mol. The summed E-state index contributed by atoms with van der Waals surface area (Å²) in [6, 6.07) is 5.32. The number of carbonyl (C=O) groups excluding carboxylic acids is 1. The van der Waals surface area contributed by atoms with Crippen LogP contribution < -0.4 is 9.64 Å². The minimum Gasteiger partial charge on any atom is -0.493 e. The van der Waals surface area contributed by atoms with Crippen LogP contribution in [0.25, 0.3) is 0 Å². The molecule has 32 heavy (non-hydrogen) atoms. The zero-order chi connectivity index (χ0) is 22.2. The summed E-state index contributed by atoms with van der Waals surface area (Å²) in [4.78, 5) is 18.8. The van der Waals surface area contributed by atoms with Gasteiger partial charge in [-0.1, -0.05) is 19.0 Å². The molecule has 0 bridgehead atoms. The Morgan fingerprint density at radius 2 is 2.03 bits per heavy atom. The van der Waals surface area contributed by atoms with Gasteiger partial charge in [0.25, 0.3) is 0 Å². The predicted octanol–water partition coefficient (Wildman–Crippen LogP) is 5.25. The number of rotatable bonds is 9. The minimum absolute atomic E-state index is 0.0273. The normalized spacial score (nSPS) is 23.6. The molecule has 1 aromatic carbocycles. The molecule has 2 heterocycles. The first kappa shape index (κ1) is 21.4. The fourth-order valence-corrected chi connectivity index (χ4v) is 4.97. The number of hydrogen-bond acceptors (Lipinski definition) is 6. The van der Waals surface area contributed by atoms with Crippen LogP contribution in [0.1, 0.15) is 74.5 Å². The van der Waals surface area contributed by atoms with Crippen molar-refractivity contribution in [3.05, 3.63) is 35.4 Å². The van der Waals surface area contributed by atoms with E-state index in [2.05, 4.69) is 28.9 Å². The third-order valence-electron chi connectivity index (χ3n) is 7.25. The number of ether oxygens (including phenoxy) is 1. The second-order valence-electron chi connectivity index (χ2n) is 9.99. The highest BCUT2D eigenvalue weighted by molar-refractivity contribution is 5.99. The van der Waals surface area contributed by atoms with Gasteiger partial charge in [0.2, 0.25) is 0 Å². The van der Waals surface area contributed by atoms with Crippen molar-refractivity contribution >= 4 is 11.8 Å². The van der Waals surface area contributed by atoms with Crippen molar-refractivity contribution in [1.29, 1.82) is 0 Å². The minimum atomic E-state index is -0.461. The van der Waals surface area contributed by atoms with E-state index in [1.165, 1.54) is 12.5 Å². The van der Waals surface area contributed by atoms with E-state index in [1.807, 2.05) is 0 Å². The van der Waals surface area contributed by atoms with E-state index in [1.54, 1.807) is 12.1 Å². The van der Waals surface area contributed by atoms with Crippen LogP contribution in [0.15, 0.2) is 22.7 Å².